The number of carbonyl (C=O) groups is 1. The molecule has 0 atom stereocenters. The van der Waals surface area contributed by atoms with Crippen LogP contribution in [0.1, 0.15) is 32.6 Å². The van der Waals surface area contributed by atoms with Gasteiger partial charge in [0.25, 0.3) is 0 Å². The first kappa shape index (κ1) is 11.9. The molecule has 16 heavy (non-hydrogen) atoms. The zero-order valence-corrected chi connectivity index (χ0v) is 10.1. The van der Waals surface area contributed by atoms with Crippen LogP contribution in [0.5, 0.6) is 0 Å². The highest BCUT2D eigenvalue weighted by atomic mass is 16.5. The molecule has 0 radical (unpaired) electrons. The second kappa shape index (κ2) is 4.72. The number of nitrogens with zero attached hydrogens (tertiary/aromatic N) is 1. The van der Waals surface area contributed by atoms with Crippen molar-refractivity contribution in [2.24, 2.45) is 11.7 Å². The smallest absolute Gasteiger partial charge is 0.225 e. The molecule has 2 aliphatic rings. The number of hydrogen-bond acceptors (Lipinski definition) is 3. The van der Waals surface area contributed by atoms with E-state index in [4.69, 9.17) is 10.5 Å². The van der Waals surface area contributed by atoms with Crippen molar-refractivity contribution in [3.63, 3.8) is 0 Å². The van der Waals surface area contributed by atoms with Gasteiger partial charge < -0.3 is 15.4 Å². The molecule has 0 aromatic carbocycles. The van der Waals surface area contributed by atoms with Crippen LogP contribution in [0.4, 0.5) is 0 Å². The molecule has 4 heteroatoms. The summed E-state index contributed by atoms with van der Waals surface area (Å²) in [4.78, 5) is 14.0. The van der Waals surface area contributed by atoms with Crippen LogP contribution in [-0.2, 0) is 9.53 Å². The zero-order chi connectivity index (χ0) is 11.6. The van der Waals surface area contributed by atoms with E-state index >= 15 is 0 Å². The second-order valence-electron chi connectivity index (χ2n) is 5.19. The van der Waals surface area contributed by atoms with E-state index in [0.717, 1.165) is 52.0 Å². The molecule has 0 aromatic rings. The van der Waals surface area contributed by atoms with Gasteiger partial charge in [0.2, 0.25) is 5.91 Å². The van der Waals surface area contributed by atoms with Crippen LogP contribution in [-0.4, -0.2) is 42.6 Å². The van der Waals surface area contributed by atoms with E-state index in [1.165, 1.54) is 0 Å². The number of nitrogens with two attached hydrogens (primary N) is 1. The molecule has 0 bridgehead atoms. The minimum absolute atomic E-state index is 0.102. The first-order chi connectivity index (χ1) is 7.64. The monoisotopic (exact) mass is 226 g/mol. The predicted octanol–water partition coefficient (Wildman–Crippen LogP) is 0.753. The van der Waals surface area contributed by atoms with E-state index in [9.17, 15) is 4.79 Å². The molecule has 2 aliphatic heterocycles. The third-order valence-electron chi connectivity index (χ3n) is 3.64. The number of likely N-dealkylation sites (tertiary alicyclic amines) is 1. The van der Waals surface area contributed by atoms with Gasteiger partial charge in [-0.2, -0.15) is 0 Å². The topological polar surface area (TPSA) is 55.6 Å². The molecule has 92 valence electrons. The Kier molecular flexibility index (Phi) is 3.50. The summed E-state index contributed by atoms with van der Waals surface area (Å²) < 4.78 is 5.27. The molecule has 0 spiro atoms. The van der Waals surface area contributed by atoms with Crippen molar-refractivity contribution in [2.45, 2.75) is 38.1 Å². The summed E-state index contributed by atoms with van der Waals surface area (Å²) in [5, 5.41) is 0. The van der Waals surface area contributed by atoms with E-state index in [0.29, 0.717) is 5.91 Å². The molecule has 1 amide bonds. The normalized spacial score (nSPS) is 25.2. The predicted molar refractivity (Wildman–Crippen MR) is 61.9 cm³/mol. The first-order valence-corrected chi connectivity index (χ1v) is 6.30. The van der Waals surface area contributed by atoms with Crippen molar-refractivity contribution in [2.75, 3.05) is 26.3 Å². The van der Waals surface area contributed by atoms with Gasteiger partial charge in [-0.3, -0.25) is 4.79 Å². The molecular formula is C12H22N2O2. The third-order valence-corrected chi connectivity index (χ3v) is 3.64. The maximum absolute atomic E-state index is 12.1. The highest BCUT2D eigenvalue weighted by Crippen LogP contribution is 2.27. The third kappa shape index (κ3) is 2.38. The molecule has 0 aromatic heterocycles. The first-order valence-electron chi connectivity index (χ1n) is 6.30. The van der Waals surface area contributed by atoms with Gasteiger partial charge >= 0.3 is 0 Å². The molecule has 0 unspecified atom stereocenters. The number of hydrogen-bond donors (Lipinski definition) is 1. The van der Waals surface area contributed by atoms with Gasteiger partial charge in [0.1, 0.15) is 0 Å². The molecule has 2 rings (SSSR count). The largest absolute Gasteiger partial charge is 0.381 e. The van der Waals surface area contributed by atoms with Crippen LogP contribution in [0.15, 0.2) is 0 Å². The molecule has 2 saturated heterocycles. The van der Waals surface area contributed by atoms with Gasteiger partial charge in [-0.25, -0.2) is 0 Å². The molecular weight excluding hydrogens is 204 g/mol. The Bertz CT molecular complexity index is 256. The average Bonchev–Trinajstić information content (AvgIpc) is 2.26. The molecule has 2 heterocycles. The summed E-state index contributed by atoms with van der Waals surface area (Å²) >= 11 is 0. The fourth-order valence-electron chi connectivity index (χ4n) is 2.73. The van der Waals surface area contributed by atoms with Crippen molar-refractivity contribution in [1.82, 2.24) is 4.90 Å². The summed E-state index contributed by atoms with van der Waals surface area (Å²) in [5.74, 6) is 0.473. The number of carbonyl (C=O) groups excluding carboxylic acids is 1. The molecule has 2 N–H and O–H groups in total. The maximum Gasteiger partial charge on any atom is 0.225 e. The fraction of sp³-hybridized carbons (Fsp3) is 0.917. The number of amides is 1. The van der Waals surface area contributed by atoms with Crippen LogP contribution in [0.2, 0.25) is 0 Å². The van der Waals surface area contributed by atoms with Crippen molar-refractivity contribution < 1.29 is 9.53 Å². The van der Waals surface area contributed by atoms with Crippen LogP contribution in [0, 0.1) is 5.92 Å². The average molecular weight is 226 g/mol. The Morgan fingerprint density at radius 3 is 2.62 bits per heavy atom. The molecule has 0 aliphatic carbocycles. The molecule has 2 fully saturated rings. The van der Waals surface area contributed by atoms with E-state index in [1.54, 1.807) is 0 Å². The zero-order valence-electron chi connectivity index (χ0n) is 10.1. The summed E-state index contributed by atoms with van der Waals surface area (Å²) in [6, 6.07) is 0. The van der Waals surface area contributed by atoms with Crippen LogP contribution in [0.3, 0.4) is 0 Å². The fourth-order valence-corrected chi connectivity index (χ4v) is 2.73. The summed E-state index contributed by atoms with van der Waals surface area (Å²) in [6.45, 7) is 5.09. The van der Waals surface area contributed by atoms with Crippen LogP contribution >= 0.6 is 0 Å². The number of ether oxygens (including phenoxy) is 1. The van der Waals surface area contributed by atoms with Crippen LogP contribution < -0.4 is 5.73 Å². The van der Waals surface area contributed by atoms with Gasteiger partial charge in [0.15, 0.2) is 0 Å². The van der Waals surface area contributed by atoms with Gasteiger partial charge in [-0.1, -0.05) is 13.3 Å². The van der Waals surface area contributed by atoms with Gasteiger partial charge in [-0.05, 0) is 19.3 Å². The van der Waals surface area contributed by atoms with Crippen molar-refractivity contribution in [3.05, 3.63) is 0 Å². The minimum atomic E-state index is -0.102. The summed E-state index contributed by atoms with van der Waals surface area (Å²) in [5.41, 5.74) is 6.05. The molecule has 0 saturated carbocycles. The van der Waals surface area contributed by atoms with E-state index in [1.807, 2.05) is 4.90 Å². The number of rotatable bonds is 3. The van der Waals surface area contributed by atoms with Gasteiger partial charge in [-0.15, -0.1) is 0 Å². The Morgan fingerprint density at radius 2 is 2.06 bits per heavy atom. The standard InChI is InChI=1S/C12H22N2O2/c1-2-5-12(13)8-14(9-12)11(15)10-3-6-16-7-4-10/h10H,2-9,13H2,1H3. The Hall–Kier alpha value is -0.610. The van der Waals surface area contributed by atoms with Crippen molar-refractivity contribution in [3.8, 4) is 0 Å². The van der Waals surface area contributed by atoms with Crippen molar-refractivity contribution in [1.29, 1.82) is 0 Å². The lowest BCUT2D eigenvalue weighted by Crippen LogP contribution is -2.69. The summed E-state index contributed by atoms with van der Waals surface area (Å²) in [7, 11) is 0. The Balaban J connectivity index is 1.80. The molecule has 4 nitrogen and oxygen atoms in total. The van der Waals surface area contributed by atoms with Crippen molar-refractivity contribution >= 4 is 5.91 Å². The lowest BCUT2D eigenvalue weighted by Gasteiger charge is -2.49. The Labute approximate surface area is 97.1 Å². The lowest BCUT2D eigenvalue weighted by molar-refractivity contribution is -0.146. The second-order valence-corrected chi connectivity index (χ2v) is 5.19. The summed E-state index contributed by atoms with van der Waals surface area (Å²) in [6.07, 6.45) is 3.86. The lowest BCUT2D eigenvalue weighted by atomic mass is 9.84. The van der Waals surface area contributed by atoms with Gasteiger partial charge in [0.05, 0.1) is 5.54 Å². The van der Waals surface area contributed by atoms with Crippen LogP contribution in [0.25, 0.3) is 0 Å². The SMILES string of the molecule is CCCC1(N)CN(C(=O)C2CCOCC2)C1. The quantitative estimate of drug-likeness (QED) is 0.772. The van der Waals surface area contributed by atoms with E-state index < -0.39 is 0 Å². The van der Waals surface area contributed by atoms with E-state index in [-0.39, 0.29) is 11.5 Å². The van der Waals surface area contributed by atoms with E-state index in [2.05, 4.69) is 6.92 Å². The Morgan fingerprint density at radius 1 is 1.44 bits per heavy atom. The minimum Gasteiger partial charge on any atom is -0.381 e. The highest BCUT2D eigenvalue weighted by Gasteiger charge is 2.42. The maximum atomic E-state index is 12.1. The van der Waals surface area contributed by atoms with Gasteiger partial charge in [0, 0.05) is 32.2 Å². The highest BCUT2D eigenvalue weighted by molar-refractivity contribution is 5.80.